The van der Waals surface area contributed by atoms with Crippen LogP contribution < -0.4 is 16.4 Å². The molecule has 0 spiro atoms. The maximum Gasteiger partial charge on any atom is 0.224 e. The first-order chi connectivity index (χ1) is 8.60. The number of nitrogens with one attached hydrogen (secondary N) is 2. The Bertz CT molecular complexity index is 443. The molecule has 4 heteroatoms. The molecule has 0 radical (unpaired) electrons. The summed E-state index contributed by atoms with van der Waals surface area (Å²) in [6, 6.07) is 6.67. The fourth-order valence-electron chi connectivity index (χ4n) is 2.41. The number of amides is 1. The summed E-state index contributed by atoms with van der Waals surface area (Å²) >= 11 is 0. The fourth-order valence-corrected chi connectivity index (χ4v) is 2.41. The minimum absolute atomic E-state index is 0.107. The van der Waals surface area contributed by atoms with Crippen LogP contribution >= 0.6 is 0 Å². The lowest BCUT2D eigenvalue weighted by atomic mass is 9.94. The molecular formula is C14H21N3O. The van der Waals surface area contributed by atoms with E-state index in [1.807, 2.05) is 20.0 Å². The molecule has 0 aromatic heterocycles. The second kappa shape index (κ2) is 5.50. The fraction of sp³-hybridized carbons (Fsp3) is 0.500. The monoisotopic (exact) mass is 247 g/mol. The van der Waals surface area contributed by atoms with Gasteiger partial charge in [0.2, 0.25) is 5.91 Å². The van der Waals surface area contributed by atoms with E-state index < -0.39 is 0 Å². The lowest BCUT2D eigenvalue weighted by Crippen LogP contribution is -2.26. The molecule has 0 saturated heterocycles. The van der Waals surface area contributed by atoms with Crippen molar-refractivity contribution in [1.29, 1.82) is 0 Å². The Hall–Kier alpha value is -1.39. The lowest BCUT2D eigenvalue weighted by molar-refractivity contribution is -0.116. The Morgan fingerprint density at radius 2 is 2.22 bits per heavy atom. The predicted octanol–water partition coefficient (Wildman–Crippen LogP) is 1.57. The number of hydrogen-bond donors (Lipinski definition) is 3. The van der Waals surface area contributed by atoms with Crippen LogP contribution in [0.1, 0.15) is 36.9 Å². The molecule has 0 fully saturated rings. The molecule has 4 N–H and O–H groups in total. The van der Waals surface area contributed by atoms with Gasteiger partial charge < -0.3 is 16.4 Å². The maximum absolute atomic E-state index is 11.3. The zero-order valence-electron chi connectivity index (χ0n) is 11.0. The number of aryl methyl sites for hydroxylation is 1. The van der Waals surface area contributed by atoms with Crippen molar-refractivity contribution in [2.24, 2.45) is 5.73 Å². The molecular weight excluding hydrogens is 226 g/mol. The van der Waals surface area contributed by atoms with Crippen LogP contribution in [-0.2, 0) is 11.2 Å². The molecule has 0 aliphatic carbocycles. The zero-order valence-corrected chi connectivity index (χ0v) is 11.0. The molecule has 0 bridgehead atoms. The molecule has 18 heavy (non-hydrogen) atoms. The van der Waals surface area contributed by atoms with Crippen molar-refractivity contribution >= 4 is 11.6 Å². The van der Waals surface area contributed by atoms with Gasteiger partial charge in [-0.15, -0.1) is 0 Å². The van der Waals surface area contributed by atoms with Gasteiger partial charge in [0, 0.05) is 24.2 Å². The first-order valence-corrected chi connectivity index (χ1v) is 6.45. The van der Waals surface area contributed by atoms with Crippen molar-refractivity contribution in [2.75, 3.05) is 12.4 Å². The van der Waals surface area contributed by atoms with E-state index in [1.54, 1.807) is 0 Å². The van der Waals surface area contributed by atoms with Crippen molar-refractivity contribution in [2.45, 2.75) is 38.3 Å². The van der Waals surface area contributed by atoms with Crippen LogP contribution in [0.4, 0.5) is 5.69 Å². The highest BCUT2D eigenvalue weighted by Crippen LogP contribution is 2.27. The summed E-state index contributed by atoms with van der Waals surface area (Å²) < 4.78 is 0. The Kier molecular flexibility index (Phi) is 3.99. The molecule has 2 atom stereocenters. The molecule has 2 rings (SSSR count). The summed E-state index contributed by atoms with van der Waals surface area (Å²) in [6.07, 6.45) is 2.30. The third kappa shape index (κ3) is 2.89. The maximum atomic E-state index is 11.3. The van der Waals surface area contributed by atoms with Gasteiger partial charge in [-0.25, -0.2) is 0 Å². The largest absolute Gasteiger partial charge is 0.328 e. The van der Waals surface area contributed by atoms with Crippen LogP contribution in [0.5, 0.6) is 0 Å². The van der Waals surface area contributed by atoms with Gasteiger partial charge >= 0.3 is 0 Å². The standard InChI is InChI=1S/C14H21N3O/c1-9(15)7-13(16-2)11-3-5-12-10(8-11)4-6-14(18)17-12/h3,5,8-9,13,16H,4,6-7,15H2,1-2H3,(H,17,18). The smallest absolute Gasteiger partial charge is 0.224 e. The predicted molar refractivity (Wildman–Crippen MR) is 73.5 cm³/mol. The van der Waals surface area contributed by atoms with Gasteiger partial charge in [0.1, 0.15) is 0 Å². The second-order valence-electron chi connectivity index (χ2n) is 5.02. The summed E-state index contributed by atoms with van der Waals surface area (Å²) in [7, 11) is 1.95. The van der Waals surface area contributed by atoms with Gasteiger partial charge in [0.15, 0.2) is 0 Å². The van der Waals surface area contributed by atoms with Crippen LogP contribution in [0.25, 0.3) is 0 Å². The molecule has 1 aromatic rings. The number of nitrogens with two attached hydrogens (primary N) is 1. The zero-order chi connectivity index (χ0) is 13.1. The number of carbonyl (C=O) groups is 1. The van der Waals surface area contributed by atoms with Gasteiger partial charge in [-0.05, 0) is 44.0 Å². The summed E-state index contributed by atoms with van der Waals surface area (Å²) in [5.41, 5.74) is 9.27. The van der Waals surface area contributed by atoms with E-state index in [2.05, 4.69) is 22.8 Å². The Labute approximate surface area is 108 Å². The van der Waals surface area contributed by atoms with Crippen molar-refractivity contribution in [3.63, 3.8) is 0 Å². The minimum Gasteiger partial charge on any atom is -0.328 e. The first-order valence-electron chi connectivity index (χ1n) is 6.45. The first kappa shape index (κ1) is 13.1. The summed E-state index contributed by atoms with van der Waals surface area (Å²) in [6.45, 7) is 2.02. The summed E-state index contributed by atoms with van der Waals surface area (Å²) in [5, 5.41) is 6.20. The number of fused-ring (bicyclic) bond motifs is 1. The van der Waals surface area contributed by atoms with Gasteiger partial charge in [0.25, 0.3) is 0 Å². The summed E-state index contributed by atoms with van der Waals surface area (Å²) in [5.74, 6) is 0.107. The number of benzene rings is 1. The second-order valence-corrected chi connectivity index (χ2v) is 5.02. The van der Waals surface area contributed by atoms with Gasteiger partial charge in [-0.2, -0.15) is 0 Å². The van der Waals surface area contributed by atoms with Crippen LogP contribution in [0.3, 0.4) is 0 Å². The van der Waals surface area contributed by atoms with E-state index in [0.717, 1.165) is 18.5 Å². The molecule has 0 saturated carbocycles. The molecule has 1 amide bonds. The highest BCUT2D eigenvalue weighted by Gasteiger charge is 2.17. The van der Waals surface area contributed by atoms with Gasteiger partial charge in [-0.3, -0.25) is 4.79 Å². The molecule has 1 heterocycles. The van der Waals surface area contributed by atoms with Crippen LogP contribution in [-0.4, -0.2) is 19.0 Å². The van der Waals surface area contributed by atoms with E-state index in [-0.39, 0.29) is 18.0 Å². The average Bonchev–Trinajstić information content (AvgIpc) is 2.35. The van der Waals surface area contributed by atoms with Crippen molar-refractivity contribution in [1.82, 2.24) is 5.32 Å². The number of anilines is 1. The minimum atomic E-state index is 0.107. The van der Waals surface area contributed by atoms with Gasteiger partial charge in [0.05, 0.1) is 0 Å². The van der Waals surface area contributed by atoms with Crippen molar-refractivity contribution < 1.29 is 4.79 Å². The highest BCUT2D eigenvalue weighted by atomic mass is 16.1. The number of rotatable bonds is 4. The normalized spacial score (nSPS) is 17.8. The SMILES string of the molecule is CNC(CC(C)N)c1ccc2c(c1)CCC(=O)N2. The lowest BCUT2D eigenvalue weighted by Gasteiger charge is -2.22. The van der Waals surface area contributed by atoms with Crippen LogP contribution in [0.15, 0.2) is 18.2 Å². The topological polar surface area (TPSA) is 67.1 Å². The molecule has 2 unspecified atom stereocenters. The Morgan fingerprint density at radius 3 is 2.89 bits per heavy atom. The van der Waals surface area contributed by atoms with E-state index in [9.17, 15) is 4.79 Å². The van der Waals surface area contributed by atoms with E-state index in [4.69, 9.17) is 5.73 Å². The van der Waals surface area contributed by atoms with E-state index in [0.29, 0.717) is 6.42 Å². The van der Waals surface area contributed by atoms with E-state index in [1.165, 1.54) is 11.1 Å². The van der Waals surface area contributed by atoms with E-state index >= 15 is 0 Å². The highest BCUT2D eigenvalue weighted by molar-refractivity contribution is 5.93. The quantitative estimate of drug-likeness (QED) is 0.756. The Morgan fingerprint density at radius 1 is 1.44 bits per heavy atom. The summed E-state index contributed by atoms with van der Waals surface area (Å²) in [4.78, 5) is 11.3. The molecule has 4 nitrogen and oxygen atoms in total. The molecule has 98 valence electrons. The number of carbonyl (C=O) groups excluding carboxylic acids is 1. The van der Waals surface area contributed by atoms with Crippen LogP contribution in [0, 0.1) is 0 Å². The van der Waals surface area contributed by atoms with Crippen molar-refractivity contribution in [3.05, 3.63) is 29.3 Å². The Balaban J connectivity index is 2.22. The van der Waals surface area contributed by atoms with Crippen LogP contribution in [0.2, 0.25) is 0 Å². The molecule has 1 aliphatic heterocycles. The third-order valence-corrected chi connectivity index (χ3v) is 3.38. The third-order valence-electron chi connectivity index (χ3n) is 3.38. The number of hydrogen-bond acceptors (Lipinski definition) is 3. The van der Waals surface area contributed by atoms with Gasteiger partial charge in [-0.1, -0.05) is 12.1 Å². The van der Waals surface area contributed by atoms with Crippen molar-refractivity contribution in [3.8, 4) is 0 Å². The molecule has 1 aliphatic rings. The molecule has 1 aromatic carbocycles. The average molecular weight is 247 g/mol.